The van der Waals surface area contributed by atoms with E-state index in [0.717, 1.165) is 17.1 Å². The first-order valence-corrected chi connectivity index (χ1v) is 9.58. The van der Waals surface area contributed by atoms with E-state index in [4.69, 9.17) is 9.84 Å². The van der Waals surface area contributed by atoms with Crippen molar-refractivity contribution in [2.75, 3.05) is 55.7 Å². The second kappa shape index (κ2) is 7.67. The standard InChI is InChI=1S/C19H24N4O5/c24-16-5-4-15(19(27)20-16)23-10-11-28-18-13(2-1-3-14(18)23)22-8-6-21(7-9-22)12-17(25)26/h1-3,15H,4-12H2,(H,25,26)(H,20,24,27). The van der Waals surface area contributed by atoms with Crippen LogP contribution >= 0.6 is 0 Å². The van der Waals surface area contributed by atoms with Crippen LogP contribution in [-0.2, 0) is 14.4 Å². The first-order valence-electron chi connectivity index (χ1n) is 9.58. The third-order valence-corrected chi connectivity index (χ3v) is 5.52. The SMILES string of the molecule is O=C(O)CN1CCN(c2cccc3c2OCCN3C2CCC(=O)NC2=O)CC1. The Labute approximate surface area is 162 Å². The maximum atomic E-state index is 12.3. The number of ether oxygens (including phenoxy) is 1. The molecule has 9 nitrogen and oxygen atoms in total. The van der Waals surface area contributed by atoms with Crippen molar-refractivity contribution in [3.8, 4) is 5.75 Å². The molecule has 0 aromatic heterocycles. The lowest BCUT2D eigenvalue weighted by Gasteiger charge is -2.41. The average molecular weight is 388 g/mol. The molecule has 1 unspecified atom stereocenters. The topological polar surface area (TPSA) is 102 Å². The summed E-state index contributed by atoms with van der Waals surface area (Å²) in [7, 11) is 0. The number of aliphatic carboxylic acids is 1. The fourth-order valence-electron chi connectivity index (χ4n) is 4.14. The van der Waals surface area contributed by atoms with Crippen molar-refractivity contribution < 1.29 is 24.2 Å². The summed E-state index contributed by atoms with van der Waals surface area (Å²) in [5, 5.41) is 11.4. The predicted molar refractivity (Wildman–Crippen MR) is 102 cm³/mol. The zero-order chi connectivity index (χ0) is 19.7. The fraction of sp³-hybridized carbons (Fsp3) is 0.526. The number of fused-ring (bicyclic) bond motifs is 1. The van der Waals surface area contributed by atoms with Gasteiger partial charge in [0, 0.05) is 32.6 Å². The van der Waals surface area contributed by atoms with Crippen molar-refractivity contribution in [2.24, 2.45) is 0 Å². The number of hydrogen-bond acceptors (Lipinski definition) is 7. The summed E-state index contributed by atoms with van der Waals surface area (Å²) in [5.74, 6) is -0.529. The molecule has 150 valence electrons. The fourth-order valence-corrected chi connectivity index (χ4v) is 4.14. The molecule has 1 atom stereocenters. The number of nitrogens with zero attached hydrogens (tertiary/aromatic N) is 3. The number of rotatable bonds is 4. The zero-order valence-electron chi connectivity index (χ0n) is 15.6. The highest BCUT2D eigenvalue weighted by Gasteiger charge is 2.35. The number of benzene rings is 1. The summed E-state index contributed by atoms with van der Waals surface area (Å²) in [6.45, 7) is 3.90. The maximum Gasteiger partial charge on any atom is 0.317 e. The summed E-state index contributed by atoms with van der Waals surface area (Å²) in [6.07, 6.45) is 0.844. The largest absolute Gasteiger partial charge is 0.487 e. The molecular weight excluding hydrogens is 364 g/mol. The Kier molecular flexibility index (Phi) is 5.08. The Morgan fingerprint density at radius 1 is 1.14 bits per heavy atom. The molecule has 28 heavy (non-hydrogen) atoms. The van der Waals surface area contributed by atoms with Crippen LogP contribution in [0.3, 0.4) is 0 Å². The van der Waals surface area contributed by atoms with Gasteiger partial charge in [-0.3, -0.25) is 24.6 Å². The van der Waals surface area contributed by atoms with Crippen molar-refractivity contribution in [2.45, 2.75) is 18.9 Å². The van der Waals surface area contributed by atoms with E-state index >= 15 is 0 Å². The normalized spacial score (nSPS) is 23.1. The summed E-state index contributed by atoms with van der Waals surface area (Å²) < 4.78 is 5.99. The van der Waals surface area contributed by atoms with Crippen LogP contribution in [-0.4, -0.2) is 79.7 Å². The third-order valence-electron chi connectivity index (χ3n) is 5.52. The highest BCUT2D eigenvalue weighted by Crippen LogP contribution is 2.42. The number of piperazine rings is 1. The van der Waals surface area contributed by atoms with Gasteiger partial charge in [-0.15, -0.1) is 0 Å². The van der Waals surface area contributed by atoms with Gasteiger partial charge in [0.05, 0.1) is 24.5 Å². The first-order chi connectivity index (χ1) is 13.5. The van der Waals surface area contributed by atoms with Crippen molar-refractivity contribution in [3.63, 3.8) is 0 Å². The van der Waals surface area contributed by atoms with Crippen molar-refractivity contribution >= 4 is 29.2 Å². The Morgan fingerprint density at radius 2 is 1.89 bits per heavy atom. The Bertz CT molecular complexity index is 791. The van der Waals surface area contributed by atoms with Gasteiger partial charge >= 0.3 is 5.97 Å². The van der Waals surface area contributed by atoms with Crippen LogP contribution in [0.4, 0.5) is 11.4 Å². The second-order valence-corrected chi connectivity index (χ2v) is 7.29. The van der Waals surface area contributed by atoms with E-state index in [-0.39, 0.29) is 24.4 Å². The summed E-state index contributed by atoms with van der Waals surface area (Å²) in [5.41, 5.74) is 1.83. The van der Waals surface area contributed by atoms with Crippen LogP contribution in [0.5, 0.6) is 5.75 Å². The highest BCUT2D eigenvalue weighted by molar-refractivity contribution is 6.02. The Balaban J connectivity index is 1.54. The van der Waals surface area contributed by atoms with E-state index in [9.17, 15) is 14.4 Å². The number of carbonyl (C=O) groups excluding carboxylic acids is 2. The molecule has 2 saturated heterocycles. The molecule has 3 aliphatic heterocycles. The molecule has 2 amide bonds. The summed E-state index contributed by atoms with van der Waals surface area (Å²) in [6, 6.07) is 5.52. The van der Waals surface area contributed by atoms with Gasteiger partial charge in [0.2, 0.25) is 11.8 Å². The number of carboxylic acid groups (broad SMARTS) is 1. The van der Waals surface area contributed by atoms with Crippen LogP contribution < -0.4 is 19.9 Å². The van der Waals surface area contributed by atoms with E-state index in [0.29, 0.717) is 52.2 Å². The van der Waals surface area contributed by atoms with Gasteiger partial charge < -0.3 is 19.6 Å². The number of para-hydroxylation sites is 1. The van der Waals surface area contributed by atoms with Gasteiger partial charge in [-0.05, 0) is 18.6 Å². The highest BCUT2D eigenvalue weighted by atomic mass is 16.5. The second-order valence-electron chi connectivity index (χ2n) is 7.29. The molecule has 1 aromatic rings. The molecule has 0 spiro atoms. The van der Waals surface area contributed by atoms with E-state index in [2.05, 4.69) is 10.2 Å². The average Bonchev–Trinajstić information content (AvgIpc) is 2.67. The number of carbonyl (C=O) groups is 3. The monoisotopic (exact) mass is 388 g/mol. The Hall–Kier alpha value is -2.81. The molecule has 0 bridgehead atoms. The van der Waals surface area contributed by atoms with Gasteiger partial charge in [0.1, 0.15) is 12.6 Å². The van der Waals surface area contributed by atoms with Crippen LogP contribution in [0, 0.1) is 0 Å². The van der Waals surface area contributed by atoms with Crippen LogP contribution in [0.15, 0.2) is 18.2 Å². The molecule has 3 aliphatic rings. The van der Waals surface area contributed by atoms with Gasteiger partial charge in [-0.25, -0.2) is 0 Å². The minimum atomic E-state index is -0.811. The number of imide groups is 1. The lowest BCUT2D eigenvalue weighted by Crippen LogP contribution is -2.54. The van der Waals surface area contributed by atoms with E-state index in [1.54, 1.807) is 0 Å². The maximum absolute atomic E-state index is 12.3. The molecule has 4 rings (SSSR count). The number of hydrogen-bond donors (Lipinski definition) is 2. The minimum Gasteiger partial charge on any atom is -0.487 e. The lowest BCUT2D eigenvalue weighted by atomic mass is 10.0. The Morgan fingerprint density at radius 3 is 2.61 bits per heavy atom. The van der Waals surface area contributed by atoms with Crippen LogP contribution in [0.2, 0.25) is 0 Å². The molecule has 3 heterocycles. The summed E-state index contributed by atoms with van der Waals surface area (Å²) in [4.78, 5) is 40.9. The van der Waals surface area contributed by atoms with Gasteiger partial charge in [-0.2, -0.15) is 0 Å². The molecule has 9 heteroatoms. The number of amides is 2. The molecule has 2 fully saturated rings. The predicted octanol–water partition coefficient (Wildman–Crippen LogP) is -0.103. The van der Waals surface area contributed by atoms with E-state index in [1.165, 1.54) is 0 Å². The molecule has 2 N–H and O–H groups in total. The number of nitrogens with one attached hydrogen (secondary N) is 1. The number of piperidine rings is 1. The van der Waals surface area contributed by atoms with Crippen molar-refractivity contribution in [3.05, 3.63) is 18.2 Å². The summed E-state index contributed by atoms with van der Waals surface area (Å²) >= 11 is 0. The lowest BCUT2D eigenvalue weighted by molar-refractivity contribution is -0.138. The quantitative estimate of drug-likeness (QED) is 0.690. The zero-order valence-corrected chi connectivity index (χ0v) is 15.6. The minimum absolute atomic E-state index is 0.0561. The van der Waals surface area contributed by atoms with Crippen LogP contribution in [0.1, 0.15) is 12.8 Å². The van der Waals surface area contributed by atoms with Gasteiger partial charge in [-0.1, -0.05) is 6.07 Å². The van der Waals surface area contributed by atoms with Crippen molar-refractivity contribution in [1.29, 1.82) is 0 Å². The smallest absolute Gasteiger partial charge is 0.317 e. The molecule has 0 saturated carbocycles. The number of carboxylic acids is 1. The first kappa shape index (κ1) is 18.5. The van der Waals surface area contributed by atoms with Gasteiger partial charge in [0.25, 0.3) is 0 Å². The van der Waals surface area contributed by atoms with E-state index < -0.39 is 5.97 Å². The van der Waals surface area contributed by atoms with E-state index in [1.807, 2.05) is 28.0 Å². The van der Waals surface area contributed by atoms with Crippen molar-refractivity contribution in [1.82, 2.24) is 10.2 Å². The number of anilines is 2. The third kappa shape index (κ3) is 3.62. The molecule has 0 aliphatic carbocycles. The molecule has 1 aromatic carbocycles. The van der Waals surface area contributed by atoms with Gasteiger partial charge in [0.15, 0.2) is 5.75 Å². The molecular formula is C19H24N4O5. The van der Waals surface area contributed by atoms with Crippen LogP contribution in [0.25, 0.3) is 0 Å². The molecule has 0 radical (unpaired) electrons.